The smallest absolute Gasteiger partial charge is 0.142 e. The molecule has 2 unspecified atom stereocenters. The monoisotopic (exact) mass is 510 g/mol. The summed E-state index contributed by atoms with van der Waals surface area (Å²) in [6, 6.07) is 0. The second-order valence-corrected chi connectivity index (χ2v) is 11.0. The van der Waals surface area contributed by atoms with Crippen LogP contribution in [-0.4, -0.2) is 13.3 Å². The molecule has 1 nitrogen and oxygen atoms in total. The zero-order chi connectivity index (χ0) is 14.1. The summed E-state index contributed by atoms with van der Waals surface area (Å²) < 4.78 is 0.152. The molecule has 5 heteroatoms. The number of carbonyl (C=O) groups is 1. The Kier molecular flexibility index (Phi) is 12.3. The van der Waals surface area contributed by atoms with Crippen LogP contribution < -0.4 is 0 Å². The molecule has 0 saturated heterocycles. The van der Waals surface area contributed by atoms with Crippen LogP contribution in [0.4, 0.5) is 0 Å². The standard InChI is InChI=1S/C13H22Br4O/c1-3-5-7-9(12(14)15)11(18)10(13(16)17)8-6-4-2/h9-10,12-13H,3-8H2,1-2H3. The van der Waals surface area contributed by atoms with Gasteiger partial charge in [-0.15, -0.1) is 0 Å². The number of alkyl halides is 4. The first-order valence-corrected chi connectivity index (χ1v) is 10.2. The van der Waals surface area contributed by atoms with Crippen molar-refractivity contribution >= 4 is 69.5 Å². The van der Waals surface area contributed by atoms with Crippen LogP contribution in [0, 0.1) is 11.8 Å². The van der Waals surface area contributed by atoms with E-state index in [0.717, 1.165) is 38.5 Å². The van der Waals surface area contributed by atoms with Crippen LogP contribution in [0.2, 0.25) is 0 Å². The van der Waals surface area contributed by atoms with Gasteiger partial charge >= 0.3 is 0 Å². The zero-order valence-corrected chi connectivity index (χ0v) is 17.3. The molecule has 0 aromatic carbocycles. The molecular weight excluding hydrogens is 492 g/mol. The largest absolute Gasteiger partial charge is 0.299 e. The van der Waals surface area contributed by atoms with Gasteiger partial charge in [0.25, 0.3) is 0 Å². The highest BCUT2D eigenvalue weighted by atomic mass is 79.9. The van der Waals surface area contributed by atoms with Gasteiger partial charge in [0.05, 0.1) is 7.47 Å². The van der Waals surface area contributed by atoms with Gasteiger partial charge < -0.3 is 0 Å². The van der Waals surface area contributed by atoms with E-state index in [1.54, 1.807) is 0 Å². The molecule has 0 heterocycles. The van der Waals surface area contributed by atoms with E-state index in [4.69, 9.17) is 0 Å². The first kappa shape index (κ1) is 19.6. The second kappa shape index (κ2) is 11.3. The Bertz CT molecular complexity index is 209. The lowest BCUT2D eigenvalue weighted by molar-refractivity contribution is -0.126. The summed E-state index contributed by atoms with van der Waals surface area (Å²) in [4.78, 5) is 12.6. The van der Waals surface area contributed by atoms with E-state index in [1.807, 2.05) is 0 Å². The molecule has 0 aliphatic carbocycles. The van der Waals surface area contributed by atoms with Gasteiger partial charge in [-0.1, -0.05) is 103 Å². The third kappa shape index (κ3) is 7.39. The average Bonchev–Trinajstić information content (AvgIpc) is 2.29. The van der Waals surface area contributed by atoms with Gasteiger partial charge in [-0.2, -0.15) is 0 Å². The quantitative estimate of drug-likeness (QED) is 0.309. The summed E-state index contributed by atoms with van der Waals surface area (Å²) in [7, 11) is 0. The summed E-state index contributed by atoms with van der Waals surface area (Å²) in [5.41, 5.74) is 0. The van der Waals surface area contributed by atoms with Crippen molar-refractivity contribution in [2.45, 2.75) is 59.8 Å². The van der Waals surface area contributed by atoms with Gasteiger partial charge in [-0.25, -0.2) is 0 Å². The molecule has 0 N–H and O–H groups in total. The van der Waals surface area contributed by atoms with Crippen molar-refractivity contribution in [3.8, 4) is 0 Å². The minimum absolute atomic E-state index is 0.0596. The number of Topliss-reactive ketones (excluding diaryl/α,β-unsaturated/α-hetero) is 1. The Hall–Kier alpha value is 1.59. The molecule has 0 aromatic heterocycles. The highest BCUT2D eigenvalue weighted by Gasteiger charge is 2.32. The maximum absolute atomic E-state index is 12.6. The van der Waals surface area contributed by atoms with Gasteiger partial charge in [0.2, 0.25) is 0 Å². The average molecular weight is 514 g/mol. The first-order valence-electron chi connectivity index (χ1n) is 6.55. The van der Waals surface area contributed by atoms with Crippen molar-refractivity contribution in [3.05, 3.63) is 0 Å². The van der Waals surface area contributed by atoms with Crippen LogP contribution >= 0.6 is 63.7 Å². The number of hydrogen-bond acceptors (Lipinski definition) is 1. The van der Waals surface area contributed by atoms with E-state index in [-0.39, 0.29) is 19.3 Å². The topological polar surface area (TPSA) is 17.1 Å². The van der Waals surface area contributed by atoms with E-state index in [1.165, 1.54) is 0 Å². The Balaban J connectivity index is 4.66. The van der Waals surface area contributed by atoms with Crippen molar-refractivity contribution in [1.29, 1.82) is 0 Å². The van der Waals surface area contributed by atoms with E-state index in [2.05, 4.69) is 77.6 Å². The Morgan fingerprint density at radius 2 is 1.17 bits per heavy atom. The number of rotatable bonds is 10. The van der Waals surface area contributed by atoms with Crippen LogP contribution in [0.5, 0.6) is 0 Å². The summed E-state index contributed by atoms with van der Waals surface area (Å²) >= 11 is 14.1. The van der Waals surface area contributed by atoms with Crippen molar-refractivity contribution in [1.82, 2.24) is 0 Å². The van der Waals surface area contributed by atoms with E-state index < -0.39 is 0 Å². The number of carbonyl (C=O) groups excluding carboxylic acids is 1. The fourth-order valence-electron chi connectivity index (χ4n) is 1.91. The van der Waals surface area contributed by atoms with Crippen molar-refractivity contribution in [3.63, 3.8) is 0 Å². The van der Waals surface area contributed by atoms with Crippen LogP contribution in [0.25, 0.3) is 0 Å². The van der Waals surface area contributed by atoms with Crippen LogP contribution in [0.15, 0.2) is 0 Å². The highest BCUT2D eigenvalue weighted by Crippen LogP contribution is 2.34. The fourth-order valence-corrected chi connectivity index (χ4v) is 4.01. The third-order valence-electron chi connectivity index (χ3n) is 3.08. The molecule has 0 bridgehead atoms. The molecule has 0 aliphatic heterocycles. The van der Waals surface area contributed by atoms with Crippen molar-refractivity contribution in [2.24, 2.45) is 11.8 Å². The summed E-state index contributed by atoms with van der Waals surface area (Å²) in [5.74, 6) is 0.475. The molecule has 108 valence electrons. The Morgan fingerprint density at radius 3 is 1.39 bits per heavy atom. The SMILES string of the molecule is CCCCC(C(=O)C(CCCC)C(Br)Br)C(Br)Br. The second-order valence-electron chi connectivity index (χ2n) is 4.57. The number of unbranched alkanes of at least 4 members (excludes halogenated alkanes) is 2. The van der Waals surface area contributed by atoms with Gasteiger partial charge in [-0.3, -0.25) is 4.79 Å². The third-order valence-corrected chi connectivity index (χ3v) is 5.63. The molecule has 0 radical (unpaired) electrons. The molecule has 0 rings (SSSR count). The lowest BCUT2D eigenvalue weighted by Gasteiger charge is -2.24. The summed E-state index contributed by atoms with van der Waals surface area (Å²) in [5, 5.41) is 0. The van der Waals surface area contributed by atoms with Crippen LogP contribution in [-0.2, 0) is 4.79 Å². The van der Waals surface area contributed by atoms with Gasteiger partial charge in [0, 0.05) is 11.8 Å². The maximum atomic E-state index is 12.6. The van der Waals surface area contributed by atoms with Crippen molar-refractivity contribution in [2.75, 3.05) is 0 Å². The molecule has 0 spiro atoms. The first-order chi connectivity index (χ1) is 8.45. The van der Waals surface area contributed by atoms with E-state index in [0.29, 0.717) is 5.78 Å². The van der Waals surface area contributed by atoms with Crippen molar-refractivity contribution < 1.29 is 4.79 Å². The minimum atomic E-state index is 0.0596. The Morgan fingerprint density at radius 1 is 0.833 bits per heavy atom. The van der Waals surface area contributed by atoms with E-state index >= 15 is 0 Å². The maximum Gasteiger partial charge on any atom is 0.142 e. The molecule has 0 saturated carbocycles. The minimum Gasteiger partial charge on any atom is -0.299 e. The van der Waals surface area contributed by atoms with Gasteiger partial charge in [-0.05, 0) is 12.8 Å². The predicted octanol–water partition coefficient (Wildman–Crippen LogP) is 6.40. The molecule has 0 aromatic rings. The number of halogens is 4. The predicted molar refractivity (Wildman–Crippen MR) is 94.3 cm³/mol. The lowest BCUT2D eigenvalue weighted by Crippen LogP contribution is -2.31. The zero-order valence-electron chi connectivity index (χ0n) is 11.0. The number of hydrogen-bond donors (Lipinski definition) is 0. The van der Waals surface area contributed by atoms with Gasteiger partial charge in [0.15, 0.2) is 0 Å². The number of ketones is 1. The summed E-state index contributed by atoms with van der Waals surface area (Å²) in [6.07, 6.45) is 6.35. The molecule has 2 atom stereocenters. The molecule has 0 amide bonds. The molecule has 0 fully saturated rings. The molecule has 18 heavy (non-hydrogen) atoms. The van der Waals surface area contributed by atoms with E-state index in [9.17, 15) is 4.79 Å². The van der Waals surface area contributed by atoms with Gasteiger partial charge in [0.1, 0.15) is 5.78 Å². The van der Waals surface area contributed by atoms with Crippen LogP contribution in [0.3, 0.4) is 0 Å². The highest BCUT2D eigenvalue weighted by molar-refractivity contribution is 9.25. The lowest BCUT2D eigenvalue weighted by atomic mass is 9.88. The normalized spacial score (nSPS) is 15.1. The molecular formula is C13H22Br4O. The summed E-state index contributed by atoms with van der Waals surface area (Å²) in [6.45, 7) is 4.32. The Labute approximate surface area is 145 Å². The fraction of sp³-hybridized carbons (Fsp3) is 0.923. The molecule has 0 aliphatic rings. The van der Waals surface area contributed by atoms with Crippen LogP contribution in [0.1, 0.15) is 52.4 Å².